The molecule has 0 aliphatic carbocycles. The van der Waals surface area contributed by atoms with Crippen LogP contribution in [0.25, 0.3) is 0 Å². The zero-order chi connectivity index (χ0) is 13.9. The van der Waals surface area contributed by atoms with E-state index in [1.54, 1.807) is 7.05 Å². The van der Waals surface area contributed by atoms with Crippen LogP contribution in [0.15, 0.2) is 33.2 Å². The van der Waals surface area contributed by atoms with Gasteiger partial charge in [-0.1, -0.05) is 0 Å². The highest BCUT2D eigenvalue weighted by atomic mass is 79.9. The van der Waals surface area contributed by atoms with Crippen LogP contribution in [0.3, 0.4) is 0 Å². The topological polar surface area (TPSA) is 84.0 Å². The molecule has 0 saturated heterocycles. The number of rotatable bonds is 5. The summed E-state index contributed by atoms with van der Waals surface area (Å²) in [4.78, 5) is 8.72. The van der Waals surface area contributed by atoms with Crippen molar-refractivity contribution in [2.24, 2.45) is 0 Å². The van der Waals surface area contributed by atoms with E-state index in [2.05, 4.69) is 35.9 Å². The Balaban J connectivity index is 2.09. The molecule has 0 spiro atoms. The summed E-state index contributed by atoms with van der Waals surface area (Å²) in [7, 11) is -1.92. The average Bonchev–Trinajstić information content (AvgIpc) is 2.82. The first-order valence-corrected chi connectivity index (χ1v) is 8.39. The first-order valence-electron chi connectivity index (χ1n) is 5.23. The van der Waals surface area contributed by atoms with E-state index < -0.39 is 10.0 Å². The summed E-state index contributed by atoms with van der Waals surface area (Å²) in [5, 5.41) is 4.62. The van der Waals surface area contributed by atoms with Gasteiger partial charge in [-0.15, -0.1) is 11.3 Å². The number of nitrogens with zero attached hydrogens (tertiary/aromatic N) is 2. The molecule has 19 heavy (non-hydrogen) atoms. The number of nitrogens with one attached hydrogen (secondary N) is 2. The summed E-state index contributed by atoms with van der Waals surface area (Å²) in [6.45, 7) is 0.242. The maximum Gasteiger partial charge on any atom is 0.243 e. The van der Waals surface area contributed by atoms with Gasteiger partial charge >= 0.3 is 0 Å². The summed E-state index contributed by atoms with van der Waals surface area (Å²) in [5.41, 5.74) is 0. The lowest BCUT2D eigenvalue weighted by Gasteiger charge is -2.05. The minimum Gasteiger partial charge on any atom is -0.357 e. The highest BCUT2D eigenvalue weighted by Gasteiger charge is 2.15. The largest absolute Gasteiger partial charge is 0.357 e. The fourth-order valence-corrected chi connectivity index (χ4v) is 3.66. The molecule has 0 saturated carbocycles. The van der Waals surface area contributed by atoms with Crippen molar-refractivity contribution >= 4 is 43.2 Å². The zero-order valence-corrected chi connectivity index (χ0v) is 13.1. The van der Waals surface area contributed by atoms with Crippen LogP contribution in [0, 0.1) is 0 Å². The Hall–Kier alpha value is -1.03. The van der Waals surface area contributed by atoms with E-state index in [-0.39, 0.29) is 11.4 Å². The first-order chi connectivity index (χ1) is 9.01. The van der Waals surface area contributed by atoms with Crippen molar-refractivity contribution in [1.82, 2.24) is 14.7 Å². The molecule has 2 rings (SSSR count). The van der Waals surface area contributed by atoms with Crippen molar-refractivity contribution in [2.75, 3.05) is 12.4 Å². The third-order valence-corrected chi connectivity index (χ3v) is 5.27. The van der Waals surface area contributed by atoms with Gasteiger partial charge in [0.25, 0.3) is 0 Å². The predicted molar refractivity (Wildman–Crippen MR) is 77.6 cm³/mol. The number of thiophene rings is 1. The third-order valence-electron chi connectivity index (χ3n) is 2.22. The monoisotopic (exact) mass is 362 g/mol. The Morgan fingerprint density at radius 2 is 2.05 bits per heavy atom. The van der Waals surface area contributed by atoms with Crippen LogP contribution in [-0.4, -0.2) is 25.4 Å². The highest BCUT2D eigenvalue weighted by Crippen LogP contribution is 2.20. The first kappa shape index (κ1) is 14.4. The van der Waals surface area contributed by atoms with Gasteiger partial charge in [-0.3, -0.25) is 0 Å². The fourth-order valence-electron chi connectivity index (χ4n) is 1.28. The summed E-state index contributed by atoms with van der Waals surface area (Å²) >= 11 is 4.80. The number of hydrogen-bond acceptors (Lipinski definition) is 6. The molecule has 0 aromatic carbocycles. The number of aromatic nitrogens is 2. The highest BCUT2D eigenvalue weighted by molar-refractivity contribution is 9.10. The summed E-state index contributed by atoms with van der Waals surface area (Å²) < 4.78 is 27.4. The second-order valence-corrected chi connectivity index (χ2v) is 7.23. The van der Waals surface area contributed by atoms with Gasteiger partial charge in [-0.2, -0.15) is 0 Å². The molecule has 0 unspecified atom stereocenters. The molecule has 0 fully saturated rings. The van der Waals surface area contributed by atoms with Crippen molar-refractivity contribution in [3.05, 3.63) is 33.2 Å². The van der Waals surface area contributed by atoms with Crippen molar-refractivity contribution in [2.45, 2.75) is 11.4 Å². The average molecular weight is 363 g/mol. The molecule has 0 bridgehead atoms. The molecular weight excluding hydrogens is 352 g/mol. The van der Waals surface area contributed by atoms with Crippen LogP contribution < -0.4 is 10.0 Å². The summed E-state index contributed by atoms with van der Waals surface area (Å²) in [6.07, 6.45) is 2.54. The van der Waals surface area contributed by atoms with Crippen molar-refractivity contribution in [3.63, 3.8) is 0 Å². The molecule has 2 N–H and O–H groups in total. The Kier molecular flexibility index (Phi) is 4.50. The maximum atomic E-state index is 12.0. The van der Waals surface area contributed by atoms with E-state index >= 15 is 0 Å². The minimum atomic E-state index is -3.59. The SMILES string of the molecule is CNc1ncc(S(=O)(=O)NCc2cc(Br)cs2)cn1. The van der Waals surface area contributed by atoms with Gasteiger partial charge in [0.15, 0.2) is 0 Å². The zero-order valence-electron chi connectivity index (χ0n) is 9.92. The van der Waals surface area contributed by atoms with Crippen molar-refractivity contribution in [3.8, 4) is 0 Å². The second-order valence-electron chi connectivity index (χ2n) is 3.55. The normalized spacial score (nSPS) is 11.5. The molecule has 102 valence electrons. The molecule has 6 nitrogen and oxygen atoms in total. The molecule has 9 heteroatoms. The van der Waals surface area contributed by atoms with E-state index in [4.69, 9.17) is 0 Å². The van der Waals surface area contributed by atoms with Crippen LogP contribution in [0.2, 0.25) is 0 Å². The summed E-state index contributed by atoms with van der Waals surface area (Å²) in [6, 6.07) is 1.87. The molecule has 0 amide bonds. The lowest BCUT2D eigenvalue weighted by Crippen LogP contribution is -2.23. The molecular formula is C10H11BrN4O2S2. The second kappa shape index (κ2) is 5.95. The van der Waals surface area contributed by atoms with E-state index in [1.807, 2.05) is 11.4 Å². The van der Waals surface area contributed by atoms with Crippen molar-refractivity contribution in [1.29, 1.82) is 0 Å². The van der Waals surface area contributed by atoms with Crippen LogP contribution >= 0.6 is 27.3 Å². The lowest BCUT2D eigenvalue weighted by atomic mass is 10.5. The third kappa shape index (κ3) is 3.72. The number of halogens is 1. The summed E-state index contributed by atoms with van der Waals surface area (Å²) in [5.74, 6) is 0.376. The van der Waals surface area contributed by atoms with Crippen molar-refractivity contribution < 1.29 is 8.42 Å². The van der Waals surface area contributed by atoms with Gasteiger partial charge in [-0.25, -0.2) is 23.1 Å². The van der Waals surface area contributed by atoms with Gasteiger partial charge < -0.3 is 5.32 Å². The molecule has 0 radical (unpaired) electrons. The van der Waals surface area contributed by atoms with Crippen LogP contribution in [0.5, 0.6) is 0 Å². The van der Waals surface area contributed by atoms with Crippen LogP contribution in [0.4, 0.5) is 5.95 Å². The van der Waals surface area contributed by atoms with Crippen LogP contribution in [-0.2, 0) is 16.6 Å². The molecule has 2 aromatic rings. The van der Waals surface area contributed by atoms with Crippen LogP contribution in [0.1, 0.15) is 4.88 Å². The molecule has 0 aliphatic rings. The standard InChI is InChI=1S/C10H11BrN4O2S2/c1-12-10-13-4-9(5-14-10)19(16,17)15-3-8-2-7(11)6-18-8/h2,4-6,15H,3H2,1H3,(H,12,13,14). The van der Waals surface area contributed by atoms with E-state index in [0.717, 1.165) is 9.35 Å². The van der Waals surface area contributed by atoms with E-state index in [9.17, 15) is 8.42 Å². The van der Waals surface area contributed by atoms with E-state index in [0.29, 0.717) is 5.95 Å². The quantitative estimate of drug-likeness (QED) is 0.847. The Morgan fingerprint density at radius 1 is 1.37 bits per heavy atom. The number of anilines is 1. The van der Waals surface area contributed by atoms with Gasteiger partial charge in [0.1, 0.15) is 4.90 Å². The predicted octanol–water partition coefficient (Wildman–Crippen LogP) is 1.82. The molecule has 0 atom stereocenters. The van der Waals surface area contributed by atoms with Gasteiger partial charge in [0, 0.05) is 28.3 Å². The Bertz CT molecular complexity index is 654. The van der Waals surface area contributed by atoms with Gasteiger partial charge in [0.05, 0.1) is 12.4 Å². The smallest absolute Gasteiger partial charge is 0.243 e. The molecule has 2 aromatic heterocycles. The molecule has 0 aliphatic heterocycles. The number of hydrogen-bond donors (Lipinski definition) is 2. The lowest BCUT2D eigenvalue weighted by molar-refractivity contribution is 0.581. The van der Waals surface area contributed by atoms with Gasteiger partial charge in [-0.05, 0) is 22.0 Å². The van der Waals surface area contributed by atoms with E-state index in [1.165, 1.54) is 23.7 Å². The maximum absolute atomic E-state index is 12.0. The fraction of sp³-hybridized carbons (Fsp3) is 0.200. The minimum absolute atomic E-state index is 0.0436. The Morgan fingerprint density at radius 3 is 2.58 bits per heavy atom. The number of sulfonamides is 1. The molecule has 2 heterocycles. The Labute approximate surface area is 123 Å². The van der Waals surface area contributed by atoms with Gasteiger partial charge in [0.2, 0.25) is 16.0 Å².